The summed E-state index contributed by atoms with van der Waals surface area (Å²) >= 11 is 0. The van der Waals surface area contributed by atoms with Crippen LogP contribution in [0.4, 0.5) is 0 Å². The van der Waals surface area contributed by atoms with E-state index in [2.05, 4.69) is 5.32 Å². The number of rotatable bonds is 3. The van der Waals surface area contributed by atoms with Crippen molar-refractivity contribution in [3.05, 3.63) is 0 Å². The van der Waals surface area contributed by atoms with E-state index < -0.39 is 5.54 Å². The molecule has 0 aliphatic heterocycles. The van der Waals surface area contributed by atoms with Gasteiger partial charge in [-0.1, -0.05) is 0 Å². The lowest BCUT2D eigenvalue weighted by Crippen LogP contribution is -2.41. The molecule has 1 amide bonds. The predicted octanol–water partition coefficient (Wildman–Crippen LogP) is -1.21. The summed E-state index contributed by atoms with van der Waals surface area (Å²) in [5.41, 5.74) is 4.49. The second-order valence-electron chi connectivity index (χ2n) is 2.53. The SMILES string of the molecule is NCC(=O)NC1(C=O)CC1. The normalized spacial score (nSPS) is 19.7. The van der Waals surface area contributed by atoms with E-state index in [1.165, 1.54) is 0 Å². The van der Waals surface area contributed by atoms with Gasteiger partial charge in [-0.15, -0.1) is 0 Å². The van der Waals surface area contributed by atoms with Crippen LogP contribution in [-0.4, -0.2) is 24.3 Å². The van der Waals surface area contributed by atoms with Crippen molar-refractivity contribution in [2.45, 2.75) is 18.4 Å². The Bertz CT molecular complexity index is 163. The van der Waals surface area contributed by atoms with Gasteiger partial charge in [-0.2, -0.15) is 0 Å². The molecular weight excluding hydrogens is 132 g/mol. The molecule has 0 radical (unpaired) electrons. The average molecular weight is 142 g/mol. The fourth-order valence-corrected chi connectivity index (χ4v) is 0.736. The minimum Gasteiger partial charge on any atom is -0.343 e. The molecule has 0 atom stereocenters. The third-order valence-electron chi connectivity index (χ3n) is 1.59. The standard InChI is InChI=1S/C6H10N2O2/c7-3-5(10)8-6(4-9)1-2-6/h4H,1-3,7H2,(H,8,10). The summed E-state index contributed by atoms with van der Waals surface area (Å²) in [5.74, 6) is -0.260. The van der Waals surface area contributed by atoms with E-state index in [0.29, 0.717) is 0 Å². The van der Waals surface area contributed by atoms with Crippen molar-refractivity contribution >= 4 is 12.2 Å². The van der Waals surface area contributed by atoms with Gasteiger partial charge in [0.1, 0.15) is 6.29 Å². The Balaban J connectivity index is 2.37. The molecule has 0 heterocycles. The largest absolute Gasteiger partial charge is 0.343 e. The van der Waals surface area contributed by atoms with Crippen LogP contribution in [0.15, 0.2) is 0 Å². The van der Waals surface area contributed by atoms with Gasteiger partial charge in [0.05, 0.1) is 12.1 Å². The number of hydrogen-bond acceptors (Lipinski definition) is 3. The van der Waals surface area contributed by atoms with Crippen molar-refractivity contribution in [1.82, 2.24) is 5.32 Å². The molecule has 1 fully saturated rings. The minimum atomic E-state index is -0.545. The molecule has 0 aromatic heterocycles. The maximum Gasteiger partial charge on any atom is 0.234 e. The Kier molecular flexibility index (Phi) is 1.72. The molecule has 4 heteroatoms. The van der Waals surface area contributed by atoms with Crippen LogP contribution in [0.3, 0.4) is 0 Å². The third-order valence-corrected chi connectivity index (χ3v) is 1.59. The van der Waals surface area contributed by atoms with E-state index in [9.17, 15) is 9.59 Å². The highest BCUT2D eigenvalue weighted by molar-refractivity contribution is 5.84. The van der Waals surface area contributed by atoms with Gasteiger partial charge in [-0.25, -0.2) is 0 Å². The first kappa shape index (κ1) is 7.21. The minimum absolute atomic E-state index is 0.0460. The van der Waals surface area contributed by atoms with Crippen LogP contribution in [0.25, 0.3) is 0 Å². The quantitative estimate of drug-likeness (QED) is 0.486. The van der Waals surface area contributed by atoms with Crippen LogP contribution in [0.1, 0.15) is 12.8 Å². The summed E-state index contributed by atoms with van der Waals surface area (Å²) < 4.78 is 0. The lowest BCUT2D eigenvalue weighted by molar-refractivity contribution is -0.123. The van der Waals surface area contributed by atoms with Gasteiger partial charge < -0.3 is 15.8 Å². The van der Waals surface area contributed by atoms with Crippen LogP contribution in [0.5, 0.6) is 0 Å². The average Bonchev–Trinajstić information content (AvgIpc) is 2.70. The molecule has 4 nitrogen and oxygen atoms in total. The molecule has 3 N–H and O–H groups in total. The number of carbonyl (C=O) groups excluding carboxylic acids is 2. The van der Waals surface area contributed by atoms with Gasteiger partial charge in [-0.3, -0.25) is 4.79 Å². The lowest BCUT2D eigenvalue weighted by atomic mass is 10.3. The molecular formula is C6H10N2O2. The number of hydrogen-bond donors (Lipinski definition) is 2. The smallest absolute Gasteiger partial charge is 0.234 e. The van der Waals surface area contributed by atoms with E-state index in [-0.39, 0.29) is 12.5 Å². The Hall–Kier alpha value is -0.900. The first-order valence-electron chi connectivity index (χ1n) is 3.20. The van der Waals surface area contributed by atoms with Crippen LogP contribution < -0.4 is 11.1 Å². The number of carbonyl (C=O) groups is 2. The fraction of sp³-hybridized carbons (Fsp3) is 0.667. The van der Waals surface area contributed by atoms with E-state index >= 15 is 0 Å². The predicted molar refractivity (Wildman–Crippen MR) is 35.2 cm³/mol. The number of amides is 1. The Morgan fingerprint density at radius 2 is 2.30 bits per heavy atom. The second-order valence-corrected chi connectivity index (χ2v) is 2.53. The van der Waals surface area contributed by atoms with Crippen LogP contribution >= 0.6 is 0 Å². The molecule has 1 aliphatic rings. The third kappa shape index (κ3) is 1.33. The number of nitrogens with one attached hydrogen (secondary N) is 1. The highest BCUT2D eigenvalue weighted by Gasteiger charge is 2.43. The Morgan fingerprint density at radius 1 is 1.70 bits per heavy atom. The highest BCUT2D eigenvalue weighted by Crippen LogP contribution is 2.32. The van der Waals surface area contributed by atoms with Crippen molar-refractivity contribution < 1.29 is 9.59 Å². The van der Waals surface area contributed by atoms with Gasteiger partial charge in [0.15, 0.2) is 0 Å². The summed E-state index contributed by atoms with van der Waals surface area (Å²) in [7, 11) is 0. The van der Waals surface area contributed by atoms with Crippen LogP contribution in [0.2, 0.25) is 0 Å². The lowest BCUT2D eigenvalue weighted by Gasteiger charge is -2.07. The van der Waals surface area contributed by atoms with Crippen LogP contribution in [-0.2, 0) is 9.59 Å². The molecule has 0 spiro atoms. The molecule has 56 valence electrons. The molecule has 0 saturated heterocycles. The first-order valence-corrected chi connectivity index (χ1v) is 3.20. The fourth-order valence-electron chi connectivity index (χ4n) is 0.736. The van der Waals surface area contributed by atoms with Crippen molar-refractivity contribution in [2.24, 2.45) is 5.73 Å². The summed E-state index contributed by atoms with van der Waals surface area (Å²) in [5, 5.41) is 2.53. The van der Waals surface area contributed by atoms with E-state index in [1.54, 1.807) is 0 Å². The monoisotopic (exact) mass is 142 g/mol. The Morgan fingerprint density at radius 3 is 2.60 bits per heavy atom. The van der Waals surface area contributed by atoms with E-state index in [1.807, 2.05) is 0 Å². The van der Waals surface area contributed by atoms with E-state index in [0.717, 1.165) is 19.1 Å². The molecule has 0 aromatic rings. The molecule has 1 saturated carbocycles. The molecule has 0 bridgehead atoms. The topological polar surface area (TPSA) is 72.2 Å². The second kappa shape index (κ2) is 2.38. The van der Waals surface area contributed by atoms with Crippen molar-refractivity contribution in [1.29, 1.82) is 0 Å². The number of aldehydes is 1. The first-order chi connectivity index (χ1) is 4.72. The summed E-state index contributed by atoms with van der Waals surface area (Å²) in [6, 6.07) is 0. The molecule has 1 aliphatic carbocycles. The highest BCUT2D eigenvalue weighted by atomic mass is 16.2. The maximum atomic E-state index is 10.6. The maximum absolute atomic E-state index is 10.6. The molecule has 1 rings (SSSR count). The summed E-state index contributed by atoms with van der Waals surface area (Å²) in [6.45, 7) is -0.0460. The molecule has 0 aromatic carbocycles. The van der Waals surface area contributed by atoms with E-state index in [4.69, 9.17) is 5.73 Å². The zero-order valence-corrected chi connectivity index (χ0v) is 5.59. The zero-order chi connectivity index (χ0) is 7.61. The molecule has 10 heavy (non-hydrogen) atoms. The van der Waals surface area contributed by atoms with Crippen LogP contribution in [0, 0.1) is 0 Å². The summed E-state index contributed by atoms with van der Waals surface area (Å²) in [4.78, 5) is 20.9. The van der Waals surface area contributed by atoms with Crippen molar-refractivity contribution in [3.8, 4) is 0 Å². The number of nitrogens with two attached hydrogens (primary N) is 1. The Labute approximate surface area is 58.8 Å². The van der Waals surface area contributed by atoms with Crippen molar-refractivity contribution in [2.75, 3.05) is 6.54 Å². The zero-order valence-electron chi connectivity index (χ0n) is 5.59. The van der Waals surface area contributed by atoms with Gasteiger partial charge in [-0.05, 0) is 12.8 Å². The molecule has 0 unspecified atom stereocenters. The van der Waals surface area contributed by atoms with Gasteiger partial charge >= 0.3 is 0 Å². The van der Waals surface area contributed by atoms with Gasteiger partial charge in [0.2, 0.25) is 5.91 Å². The van der Waals surface area contributed by atoms with Crippen molar-refractivity contribution in [3.63, 3.8) is 0 Å². The van der Waals surface area contributed by atoms with Gasteiger partial charge in [0.25, 0.3) is 0 Å². The summed E-state index contributed by atoms with van der Waals surface area (Å²) in [6.07, 6.45) is 2.28. The van der Waals surface area contributed by atoms with Gasteiger partial charge in [0, 0.05) is 0 Å².